The van der Waals surface area contributed by atoms with E-state index in [4.69, 9.17) is 4.74 Å². The van der Waals surface area contributed by atoms with Gasteiger partial charge in [0.25, 0.3) is 0 Å². The Labute approximate surface area is 215 Å². The summed E-state index contributed by atoms with van der Waals surface area (Å²) >= 11 is 0. The van der Waals surface area contributed by atoms with Gasteiger partial charge in [-0.15, -0.1) is 0 Å². The number of benzene rings is 2. The average molecular weight is 491 g/mol. The van der Waals surface area contributed by atoms with E-state index in [2.05, 4.69) is 29.9 Å². The molecular formula is C30H38N2O4. The van der Waals surface area contributed by atoms with Crippen LogP contribution in [0.3, 0.4) is 0 Å². The standard InChI is InChI=1S/C30H38N2O4/c1-7-31(19-9-10-28(33)22(3)4)26-15-11-24(12-16-26)29(34)25-13-17-27(18-14-25)32(8-2)20-21-36-30(35)23(5)6/h11-18H,3,5,7-10,19-21H2,1-2,4,6H3. The van der Waals surface area contributed by atoms with Gasteiger partial charge in [0.2, 0.25) is 0 Å². The highest BCUT2D eigenvalue weighted by molar-refractivity contribution is 6.09. The maximum atomic E-state index is 13.0. The van der Waals surface area contributed by atoms with Crippen LogP contribution in [0.15, 0.2) is 72.8 Å². The molecule has 0 atom stereocenters. The van der Waals surface area contributed by atoms with Crippen molar-refractivity contribution < 1.29 is 19.1 Å². The maximum Gasteiger partial charge on any atom is 0.333 e. The van der Waals surface area contributed by atoms with Crippen LogP contribution in [0.1, 0.15) is 56.5 Å². The summed E-state index contributed by atoms with van der Waals surface area (Å²) in [6.45, 7) is 17.9. The lowest BCUT2D eigenvalue weighted by molar-refractivity contribution is -0.138. The Morgan fingerprint density at radius 3 is 1.64 bits per heavy atom. The smallest absolute Gasteiger partial charge is 0.333 e. The third-order valence-electron chi connectivity index (χ3n) is 6.00. The third kappa shape index (κ3) is 8.22. The van der Waals surface area contributed by atoms with Crippen LogP contribution in [0, 0.1) is 0 Å². The summed E-state index contributed by atoms with van der Waals surface area (Å²) in [6, 6.07) is 15.1. The zero-order chi connectivity index (χ0) is 26.7. The molecule has 36 heavy (non-hydrogen) atoms. The Bertz CT molecular complexity index is 986. The first-order valence-corrected chi connectivity index (χ1v) is 12.4. The molecule has 0 unspecified atom stereocenters. The lowest BCUT2D eigenvalue weighted by atomic mass is 10.0. The van der Waals surface area contributed by atoms with E-state index in [1.54, 1.807) is 13.8 Å². The first-order valence-electron chi connectivity index (χ1n) is 12.4. The van der Waals surface area contributed by atoms with E-state index in [0.717, 1.165) is 37.4 Å². The molecule has 0 saturated heterocycles. The Morgan fingerprint density at radius 2 is 1.22 bits per heavy atom. The number of carbonyl (C=O) groups is 3. The van der Waals surface area contributed by atoms with Gasteiger partial charge in [-0.2, -0.15) is 0 Å². The van der Waals surface area contributed by atoms with Crippen LogP contribution in [-0.2, 0) is 14.3 Å². The van der Waals surface area contributed by atoms with E-state index in [9.17, 15) is 14.4 Å². The van der Waals surface area contributed by atoms with E-state index in [0.29, 0.717) is 35.2 Å². The molecule has 0 radical (unpaired) electrons. The van der Waals surface area contributed by atoms with Crippen molar-refractivity contribution in [2.24, 2.45) is 0 Å². The molecule has 192 valence electrons. The number of esters is 1. The minimum atomic E-state index is -0.391. The minimum absolute atomic E-state index is 0.0401. The fourth-order valence-corrected chi connectivity index (χ4v) is 3.77. The summed E-state index contributed by atoms with van der Waals surface area (Å²) in [5.74, 6) is -0.328. The summed E-state index contributed by atoms with van der Waals surface area (Å²) in [7, 11) is 0. The predicted octanol–water partition coefficient (Wildman–Crippen LogP) is 5.61. The lowest BCUT2D eigenvalue weighted by Gasteiger charge is -2.23. The zero-order valence-electron chi connectivity index (χ0n) is 22.0. The molecule has 0 aliphatic carbocycles. The largest absolute Gasteiger partial charge is 0.460 e. The Hall–Kier alpha value is -3.67. The number of Topliss-reactive ketones (excluding diaryl/α,β-unsaturated/α-hetero) is 1. The van der Waals surface area contributed by atoms with Crippen LogP contribution < -0.4 is 9.80 Å². The van der Waals surface area contributed by atoms with Crippen molar-refractivity contribution in [1.82, 2.24) is 0 Å². The maximum absolute atomic E-state index is 13.0. The second-order valence-corrected chi connectivity index (χ2v) is 8.81. The van der Waals surface area contributed by atoms with Gasteiger partial charge in [0, 0.05) is 54.1 Å². The fraction of sp³-hybridized carbons (Fsp3) is 0.367. The van der Waals surface area contributed by atoms with E-state index in [1.165, 1.54) is 0 Å². The number of nitrogens with zero attached hydrogens (tertiary/aromatic N) is 2. The molecule has 0 fully saturated rings. The molecule has 0 saturated carbocycles. The molecule has 6 heteroatoms. The summed E-state index contributed by atoms with van der Waals surface area (Å²) < 4.78 is 5.20. The van der Waals surface area contributed by atoms with Crippen molar-refractivity contribution in [3.63, 3.8) is 0 Å². The number of anilines is 2. The van der Waals surface area contributed by atoms with Gasteiger partial charge in [-0.25, -0.2) is 4.79 Å². The Kier molecular flexibility index (Phi) is 11.1. The van der Waals surface area contributed by atoms with Crippen LogP contribution in [0.25, 0.3) is 0 Å². The van der Waals surface area contributed by atoms with Gasteiger partial charge in [-0.05, 0) is 88.2 Å². The fourth-order valence-electron chi connectivity index (χ4n) is 3.77. The Balaban J connectivity index is 1.99. The minimum Gasteiger partial charge on any atom is -0.460 e. The second-order valence-electron chi connectivity index (χ2n) is 8.81. The number of hydrogen-bond donors (Lipinski definition) is 0. The van der Waals surface area contributed by atoms with Gasteiger partial charge >= 0.3 is 5.97 Å². The van der Waals surface area contributed by atoms with Gasteiger partial charge in [0.1, 0.15) is 6.61 Å². The summed E-state index contributed by atoms with van der Waals surface area (Å²) in [6.07, 6.45) is 1.26. The highest BCUT2D eigenvalue weighted by atomic mass is 16.5. The first-order chi connectivity index (χ1) is 17.2. The number of hydrogen-bond acceptors (Lipinski definition) is 6. The number of ketones is 2. The molecule has 2 aromatic rings. The van der Waals surface area contributed by atoms with Crippen molar-refractivity contribution in [1.29, 1.82) is 0 Å². The van der Waals surface area contributed by atoms with E-state index >= 15 is 0 Å². The van der Waals surface area contributed by atoms with Crippen LogP contribution in [0.2, 0.25) is 0 Å². The second kappa shape index (κ2) is 14.0. The van der Waals surface area contributed by atoms with Gasteiger partial charge < -0.3 is 14.5 Å². The number of rotatable bonds is 15. The summed E-state index contributed by atoms with van der Waals surface area (Å²) in [5.41, 5.74) is 4.20. The molecule has 0 aliphatic heterocycles. The van der Waals surface area contributed by atoms with E-state index in [-0.39, 0.29) is 18.2 Å². The molecule has 0 heterocycles. The zero-order valence-corrected chi connectivity index (χ0v) is 22.0. The van der Waals surface area contributed by atoms with Crippen LogP contribution in [0.4, 0.5) is 11.4 Å². The van der Waals surface area contributed by atoms with Gasteiger partial charge in [-0.3, -0.25) is 9.59 Å². The normalized spacial score (nSPS) is 10.4. The average Bonchev–Trinajstić information content (AvgIpc) is 2.88. The van der Waals surface area contributed by atoms with Crippen molar-refractivity contribution in [2.75, 3.05) is 42.6 Å². The topological polar surface area (TPSA) is 66.9 Å². The SMILES string of the molecule is C=C(C)C(=O)CCCN(CC)c1ccc(C(=O)c2ccc(N(CC)CCOC(=O)C(=C)C)cc2)cc1. The summed E-state index contributed by atoms with van der Waals surface area (Å²) in [5, 5.41) is 0. The van der Waals surface area contributed by atoms with Crippen molar-refractivity contribution in [3.8, 4) is 0 Å². The lowest BCUT2D eigenvalue weighted by Crippen LogP contribution is -2.28. The molecular weight excluding hydrogens is 452 g/mol. The van der Waals surface area contributed by atoms with Crippen molar-refractivity contribution in [2.45, 2.75) is 40.5 Å². The van der Waals surface area contributed by atoms with Gasteiger partial charge in [0.05, 0.1) is 6.54 Å². The van der Waals surface area contributed by atoms with Gasteiger partial charge in [-0.1, -0.05) is 13.2 Å². The highest BCUT2D eigenvalue weighted by Crippen LogP contribution is 2.20. The monoisotopic (exact) mass is 490 g/mol. The van der Waals surface area contributed by atoms with Crippen molar-refractivity contribution in [3.05, 3.63) is 84.0 Å². The number of allylic oxidation sites excluding steroid dienone is 1. The molecule has 2 aromatic carbocycles. The third-order valence-corrected chi connectivity index (χ3v) is 6.00. The first kappa shape index (κ1) is 28.6. The van der Waals surface area contributed by atoms with Crippen LogP contribution in [0.5, 0.6) is 0 Å². The highest BCUT2D eigenvalue weighted by Gasteiger charge is 2.13. The molecule has 2 rings (SSSR count). The quantitative estimate of drug-likeness (QED) is 0.184. The number of likely N-dealkylation sites (N-methyl/N-ethyl adjacent to an activating group) is 1. The molecule has 0 amide bonds. The van der Waals surface area contributed by atoms with Crippen LogP contribution in [-0.4, -0.2) is 50.3 Å². The Morgan fingerprint density at radius 1 is 0.750 bits per heavy atom. The van der Waals surface area contributed by atoms with E-state index < -0.39 is 5.97 Å². The van der Waals surface area contributed by atoms with Gasteiger partial charge in [0.15, 0.2) is 11.6 Å². The molecule has 6 nitrogen and oxygen atoms in total. The molecule has 0 spiro atoms. The van der Waals surface area contributed by atoms with Crippen molar-refractivity contribution >= 4 is 28.9 Å². The summed E-state index contributed by atoms with van der Waals surface area (Å²) in [4.78, 5) is 40.7. The molecule has 0 bridgehead atoms. The number of ether oxygens (including phenoxy) is 1. The molecule has 0 N–H and O–H groups in total. The van der Waals surface area contributed by atoms with Crippen LogP contribution >= 0.6 is 0 Å². The molecule has 0 aromatic heterocycles. The van der Waals surface area contributed by atoms with E-state index in [1.807, 2.05) is 55.5 Å². The predicted molar refractivity (Wildman–Crippen MR) is 147 cm³/mol. The molecule has 0 aliphatic rings. The number of carbonyl (C=O) groups excluding carboxylic acids is 3.